The molecule has 0 unspecified atom stereocenters. The molecule has 0 aromatic heterocycles. The molecule has 1 aromatic rings. The number of hydrogen-bond donors (Lipinski definition) is 0. The summed E-state index contributed by atoms with van der Waals surface area (Å²) in [6, 6.07) is 8.56. The quantitative estimate of drug-likeness (QED) is 0.655. The lowest BCUT2D eigenvalue weighted by Crippen LogP contribution is -2.22. The van der Waals surface area contributed by atoms with Crippen molar-refractivity contribution in [3.63, 3.8) is 0 Å². The molecule has 0 atom stereocenters. The van der Waals surface area contributed by atoms with Crippen molar-refractivity contribution >= 4 is 0 Å². The smallest absolute Gasteiger partial charge is 0.146 e. The lowest BCUT2D eigenvalue weighted by atomic mass is 9.99. The largest absolute Gasteiger partial charge is 0.355 e. The van der Waals surface area contributed by atoms with Crippen molar-refractivity contribution in [1.82, 2.24) is 0 Å². The molecule has 0 aliphatic carbocycles. The van der Waals surface area contributed by atoms with Crippen LogP contribution in [0.2, 0.25) is 0 Å². The van der Waals surface area contributed by atoms with Crippen LogP contribution in [-0.4, -0.2) is 20.0 Å². The first kappa shape index (κ1) is 8.73. The highest BCUT2D eigenvalue weighted by Gasteiger charge is 2.15. The summed E-state index contributed by atoms with van der Waals surface area (Å²) in [5, 5.41) is 0. The molecule has 2 heteroatoms. The van der Waals surface area contributed by atoms with Gasteiger partial charge < -0.3 is 9.47 Å². The van der Waals surface area contributed by atoms with Gasteiger partial charge in [0.25, 0.3) is 0 Å². The van der Waals surface area contributed by atoms with Gasteiger partial charge in [0.2, 0.25) is 0 Å². The van der Waals surface area contributed by atoms with Crippen LogP contribution in [0.4, 0.5) is 0 Å². The maximum absolute atomic E-state index is 5.24. The summed E-state index contributed by atoms with van der Waals surface area (Å²) in [5.74, 6) is 0.411. The van der Waals surface area contributed by atoms with Crippen molar-refractivity contribution in [3.8, 4) is 0 Å². The van der Waals surface area contributed by atoms with E-state index in [1.165, 1.54) is 11.1 Å². The van der Waals surface area contributed by atoms with Gasteiger partial charge in [0.05, 0.1) is 13.2 Å². The molecule has 0 spiro atoms. The highest BCUT2D eigenvalue weighted by molar-refractivity contribution is 5.24. The van der Waals surface area contributed by atoms with Gasteiger partial charge in [-0.05, 0) is 12.5 Å². The van der Waals surface area contributed by atoms with E-state index in [4.69, 9.17) is 9.47 Å². The van der Waals surface area contributed by atoms with E-state index >= 15 is 0 Å². The van der Waals surface area contributed by atoms with Gasteiger partial charge in [-0.1, -0.05) is 29.8 Å². The van der Waals surface area contributed by atoms with E-state index in [1.54, 1.807) is 0 Å². The van der Waals surface area contributed by atoms with Crippen molar-refractivity contribution in [1.29, 1.82) is 0 Å². The van der Waals surface area contributed by atoms with Crippen LogP contribution in [0.5, 0.6) is 0 Å². The summed E-state index contributed by atoms with van der Waals surface area (Å²) in [7, 11) is 0. The molecule has 1 aliphatic rings. The highest BCUT2D eigenvalue weighted by atomic mass is 16.7. The Morgan fingerprint density at radius 1 is 1.08 bits per heavy atom. The van der Waals surface area contributed by atoms with E-state index in [-0.39, 0.29) is 0 Å². The van der Waals surface area contributed by atoms with Crippen LogP contribution in [-0.2, 0) is 9.47 Å². The molecule has 13 heavy (non-hydrogen) atoms. The van der Waals surface area contributed by atoms with Crippen LogP contribution < -0.4 is 0 Å². The number of hydrogen-bond acceptors (Lipinski definition) is 2. The van der Waals surface area contributed by atoms with Gasteiger partial charge in [0.15, 0.2) is 0 Å². The summed E-state index contributed by atoms with van der Waals surface area (Å²) in [5.41, 5.74) is 2.60. The Hall–Kier alpha value is -0.860. The maximum Gasteiger partial charge on any atom is 0.146 e. The van der Waals surface area contributed by atoms with Crippen LogP contribution in [0.25, 0.3) is 0 Å². The van der Waals surface area contributed by atoms with Crippen molar-refractivity contribution in [2.45, 2.75) is 12.8 Å². The van der Waals surface area contributed by atoms with E-state index in [2.05, 4.69) is 31.2 Å². The molecule has 1 aliphatic heterocycles. The third-order valence-corrected chi connectivity index (χ3v) is 2.35. The average Bonchev–Trinajstić information content (AvgIpc) is 2.20. The minimum Gasteiger partial charge on any atom is -0.355 e. The molecular formula is C11H14O2. The van der Waals surface area contributed by atoms with Crippen molar-refractivity contribution < 1.29 is 9.47 Å². The average molecular weight is 178 g/mol. The van der Waals surface area contributed by atoms with Crippen LogP contribution in [0.3, 0.4) is 0 Å². The minimum atomic E-state index is 0.411. The van der Waals surface area contributed by atoms with Gasteiger partial charge in [0.1, 0.15) is 6.79 Å². The standard InChI is InChI=1S/C11H14O2/c1-9-2-4-10(5-3-9)11-6-12-8-13-7-11/h2-5,11H,6-8H2,1H3. The fourth-order valence-corrected chi connectivity index (χ4v) is 1.52. The number of ether oxygens (including phenoxy) is 2. The monoisotopic (exact) mass is 178 g/mol. The van der Waals surface area contributed by atoms with E-state index in [1.807, 2.05) is 0 Å². The Bertz CT molecular complexity index is 260. The van der Waals surface area contributed by atoms with Crippen LogP contribution >= 0.6 is 0 Å². The predicted molar refractivity (Wildman–Crippen MR) is 50.7 cm³/mol. The summed E-state index contributed by atoms with van der Waals surface area (Å²) in [6.07, 6.45) is 0. The first-order chi connectivity index (χ1) is 6.36. The van der Waals surface area contributed by atoms with Gasteiger partial charge in [-0.25, -0.2) is 0 Å². The second-order valence-electron chi connectivity index (χ2n) is 3.47. The van der Waals surface area contributed by atoms with Gasteiger partial charge in [-0.3, -0.25) is 0 Å². The fraction of sp³-hybridized carbons (Fsp3) is 0.455. The third kappa shape index (κ3) is 2.08. The molecule has 0 bridgehead atoms. The molecule has 2 rings (SSSR count). The second kappa shape index (κ2) is 3.90. The first-order valence-corrected chi connectivity index (χ1v) is 4.58. The third-order valence-electron chi connectivity index (χ3n) is 2.35. The summed E-state index contributed by atoms with van der Waals surface area (Å²) in [4.78, 5) is 0. The predicted octanol–water partition coefficient (Wildman–Crippen LogP) is 2.08. The number of aryl methyl sites for hydroxylation is 1. The van der Waals surface area contributed by atoms with Crippen LogP contribution in [0, 0.1) is 6.92 Å². The number of rotatable bonds is 1. The summed E-state index contributed by atoms with van der Waals surface area (Å²) in [6.45, 7) is 4.10. The summed E-state index contributed by atoms with van der Waals surface area (Å²) >= 11 is 0. The zero-order valence-corrected chi connectivity index (χ0v) is 7.82. The van der Waals surface area contributed by atoms with Gasteiger partial charge in [-0.15, -0.1) is 0 Å². The molecule has 0 saturated carbocycles. The Morgan fingerprint density at radius 2 is 1.69 bits per heavy atom. The topological polar surface area (TPSA) is 18.5 Å². The minimum absolute atomic E-state index is 0.411. The molecule has 1 fully saturated rings. The second-order valence-corrected chi connectivity index (χ2v) is 3.47. The van der Waals surface area contributed by atoms with E-state index in [0.717, 1.165) is 13.2 Å². The van der Waals surface area contributed by atoms with Gasteiger partial charge >= 0.3 is 0 Å². The van der Waals surface area contributed by atoms with Crippen molar-refractivity contribution in [2.24, 2.45) is 0 Å². The lowest BCUT2D eigenvalue weighted by molar-refractivity contribution is -0.108. The molecular weight excluding hydrogens is 164 g/mol. The highest BCUT2D eigenvalue weighted by Crippen LogP contribution is 2.19. The molecule has 70 valence electrons. The van der Waals surface area contributed by atoms with Gasteiger partial charge in [0, 0.05) is 5.92 Å². The molecule has 1 saturated heterocycles. The summed E-state index contributed by atoms with van der Waals surface area (Å²) < 4.78 is 10.5. The van der Waals surface area contributed by atoms with Crippen molar-refractivity contribution in [3.05, 3.63) is 35.4 Å². The lowest BCUT2D eigenvalue weighted by Gasteiger charge is -2.22. The molecule has 2 nitrogen and oxygen atoms in total. The van der Waals surface area contributed by atoms with Crippen molar-refractivity contribution in [2.75, 3.05) is 20.0 Å². The van der Waals surface area contributed by atoms with E-state index in [0.29, 0.717) is 12.7 Å². The van der Waals surface area contributed by atoms with Crippen LogP contribution in [0.15, 0.2) is 24.3 Å². The SMILES string of the molecule is Cc1ccc(C2COCOC2)cc1. The Morgan fingerprint density at radius 3 is 2.31 bits per heavy atom. The Kier molecular flexibility index (Phi) is 2.62. The Balaban J connectivity index is 2.10. The molecule has 1 aromatic carbocycles. The maximum atomic E-state index is 5.24. The number of benzene rings is 1. The molecule has 0 N–H and O–H groups in total. The molecule has 1 heterocycles. The molecule has 0 radical (unpaired) electrons. The van der Waals surface area contributed by atoms with Gasteiger partial charge in [-0.2, -0.15) is 0 Å². The Labute approximate surface area is 78.5 Å². The van der Waals surface area contributed by atoms with Crippen LogP contribution in [0.1, 0.15) is 17.0 Å². The first-order valence-electron chi connectivity index (χ1n) is 4.58. The van der Waals surface area contributed by atoms with E-state index in [9.17, 15) is 0 Å². The van der Waals surface area contributed by atoms with E-state index < -0.39 is 0 Å². The fourth-order valence-electron chi connectivity index (χ4n) is 1.52. The zero-order valence-electron chi connectivity index (χ0n) is 7.82. The molecule has 0 amide bonds. The normalized spacial score (nSPS) is 18.8. The zero-order chi connectivity index (χ0) is 9.10.